The Bertz CT molecular complexity index is 1570. The number of pyridine rings is 1. The Balaban J connectivity index is 1.49. The number of anilines is 3. The lowest BCUT2D eigenvalue weighted by Gasteiger charge is -2.26. The summed E-state index contributed by atoms with van der Waals surface area (Å²) in [4.78, 5) is 43.2. The van der Waals surface area contributed by atoms with Gasteiger partial charge in [-0.2, -0.15) is 0 Å². The maximum atomic E-state index is 13.6. The van der Waals surface area contributed by atoms with Crippen LogP contribution in [0.5, 0.6) is 11.5 Å². The molecule has 10 heteroatoms. The summed E-state index contributed by atoms with van der Waals surface area (Å²) in [7, 11) is 1.68. The van der Waals surface area contributed by atoms with Crippen LogP contribution in [-0.4, -0.2) is 29.8 Å². The molecule has 4 aromatic rings. The van der Waals surface area contributed by atoms with Crippen molar-refractivity contribution >= 4 is 45.7 Å². The van der Waals surface area contributed by atoms with Gasteiger partial charge >= 0.3 is 0 Å². The van der Waals surface area contributed by atoms with Crippen molar-refractivity contribution in [3.05, 3.63) is 84.3 Å². The first kappa shape index (κ1) is 24.7. The molecule has 3 amide bonds. The number of halogens is 1. The summed E-state index contributed by atoms with van der Waals surface area (Å²) in [5.74, 6) is -1.30. The van der Waals surface area contributed by atoms with E-state index >= 15 is 0 Å². The van der Waals surface area contributed by atoms with Gasteiger partial charge in [-0.1, -0.05) is 0 Å². The molecule has 38 heavy (non-hydrogen) atoms. The first-order valence-corrected chi connectivity index (χ1v) is 11.8. The molecule has 1 aliphatic carbocycles. The molecule has 0 spiro atoms. The van der Waals surface area contributed by atoms with E-state index in [2.05, 4.69) is 10.3 Å². The van der Waals surface area contributed by atoms with E-state index in [1.807, 2.05) is 0 Å². The van der Waals surface area contributed by atoms with Crippen molar-refractivity contribution in [1.82, 2.24) is 4.98 Å². The monoisotopic (exact) mass is 513 g/mol. The summed E-state index contributed by atoms with van der Waals surface area (Å²) in [5.41, 5.74) is 12.1. The highest BCUT2D eigenvalue weighted by Gasteiger charge is 2.57. The average molecular weight is 514 g/mol. The number of carbonyl (C=O) groups excluding carboxylic acids is 3. The van der Waals surface area contributed by atoms with Crippen LogP contribution in [0.15, 0.2) is 72.9 Å². The number of ether oxygens (including phenoxy) is 1. The number of benzene rings is 3. The quantitative estimate of drug-likeness (QED) is 0.301. The number of amides is 3. The second kappa shape index (κ2) is 9.47. The Hall–Kier alpha value is -4.99. The molecule has 0 bridgehead atoms. The molecule has 0 saturated heterocycles. The maximum absolute atomic E-state index is 13.6. The molecule has 0 unspecified atom stereocenters. The zero-order valence-electron chi connectivity index (χ0n) is 20.4. The Morgan fingerprint density at radius 1 is 0.974 bits per heavy atom. The van der Waals surface area contributed by atoms with E-state index in [-0.39, 0.29) is 0 Å². The summed E-state index contributed by atoms with van der Waals surface area (Å²) in [6.45, 7) is 0. The molecule has 0 radical (unpaired) electrons. The topological polar surface area (TPSA) is 141 Å². The molecule has 1 saturated carbocycles. The Kier molecular flexibility index (Phi) is 6.15. The van der Waals surface area contributed by atoms with E-state index in [0.29, 0.717) is 57.9 Å². The fraction of sp³-hybridized carbons (Fsp3) is 0.143. The van der Waals surface area contributed by atoms with Gasteiger partial charge in [-0.05, 0) is 79.6 Å². The van der Waals surface area contributed by atoms with Crippen LogP contribution in [0.3, 0.4) is 0 Å². The van der Waals surface area contributed by atoms with Crippen molar-refractivity contribution in [2.75, 3.05) is 17.3 Å². The molecule has 5 rings (SSSR count). The van der Waals surface area contributed by atoms with Crippen molar-refractivity contribution < 1.29 is 23.5 Å². The predicted molar refractivity (Wildman–Crippen MR) is 141 cm³/mol. The van der Waals surface area contributed by atoms with Crippen LogP contribution in [0, 0.1) is 11.2 Å². The molecular formula is C28H24FN5O4. The lowest BCUT2D eigenvalue weighted by Crippen LogP contribution is -2.41. The molecule has 192 valence electrons. The van der Waals surface area contributed by atoms with Gasteiger partial charge in [-0.3, -0.25) is 24.3 Å². The number of hydrogen-bond donors (Lipinski definition) is 3. The van der Waals surface area contributed by atoms with Crippen molar-refractivity contribution in [3.63, 3.8) is 0 Å². The number of nitrogens with zero attached hydrogens (tertiary/aromatic N) is 2. The SMILES string of the molecule is CNc1cc2nccc(Oc3ccc(N(C(=O)C4(C(N)=O)CC4)c4ccc(F)cc4)cc3)c2cc1C(N)=O. The minimum Gasteiger partial charge on any atom is -0.457 e. The second-order valence-corrected chi connectivity index (χ2v) is 9.00. The van der Waals surface area contributed by atoms with E-state index in [9.17, 15) is 18.8 Å². The molecule has 5 N–H and O–H groups in total. The Morgan fingerprint density at radius 3 is 2.16 bits per heavy atom. The van der Waals surface area contributed by atoms with Crippen molar-refractivity contribution in [2.45, 2.75) is 12.8 Å². The Labute approximate surface area is 217 Å². The van der Waals surface area contributed by atoms with E-state index in [1.54, 1.807) is 55.7 Å². The summed E-state index contributed by atoms with van der Waals surface area (Å²) in [5, 5.41) is 3.53. The van der Waals surface area contributed by atoms with Gasteiger partial charge < -0.3 is 21.5 Å². The van der Waals surface area contributed by atoms with Gasteiger partial charge in [0, 0.05) is 35.7 Å². The smallest absolute Gasteiger partial charge is 0.250 e. The highest BCUT2D eigenvalue weighted by Crippen LogP contribution is 2.49. The number of fused-ring (bicyclic) bond motifs is 1. The number of aromatic nitrogens is 1. The Morgan fingerprint density at radius 2 is 1.61 bits per heavy atom. The van der Waals surface area contributed by atoms with Gasteiger partial charge in [0.05, 0.1) is 11.1 Å². The number of rotatable bonds is 8. The normalized spacial score (nSPS) is 13.5. The van der Waals surface area contributed by atoms with Crippen molar-refractivity contribution in [1.29, 1.82) is 0 Å². The van der Waals surface area contributed by atoms with E-state index in [1.165, 1.54) is 29.2 Å². The summed E-state index contributed by atoms with van der Waals surface area (Å²) in [6, 6.07) is 17.0. The third-order valence-corrected chi connectivity index (χ3v) is 6.62. The number of nitrogens with one attached hydrogen (secondary N) is 1. The zero-order valence-corrected chi connectivity index (χ0v) is 20.4. The molecule has 1 fully saturated rings. The first-order chi connectivity index (χ1) is 18.2. The lowest BCUT2D eigenvalue weighted by molar-refractivity contribution is -0.133. The van der Waals surface area contributed by atoms with Gasteiger partial charge in [0.1, 0.15) is 22.7 Å². The maximum Gasteiger partial charge on any atom is 0.250 e. The molecule has 3 aromatic carbocycles. The number of hydrogen-bond acceptors (Lipinski definition) is 6. The van der Waals surface area contributed by atoms with Crippen LogP contribution in [-0.2, 0) is 9.59 Å². The van der Waals surface area contributed by atoms with Crippen molar-refractivity contribution in [2.24, 2.45) is 16.9 Å². The number of nitrogens with two attached hydrogens (primary N) is 2. The van der Waals surface area contributed by atoms with Crippen LogP contribution < -0.4 is 26.4 Å². The third-order valence-electron chi connectivity index (χ3n) is 6.62. The first-order valence-electron chi connectivity index (χ1n) is 11.8. The third kappa shape index (κ3) is 4.36. The minimum atomic E-state index is -1.27. The fourth-order valence-electron chi connectivity index (χ4n) is 4.34. The van der Waals surface area contributed by atoms with Crippen LogP contribution in [0.25, 0.3) is 10.9 Å². The van der Waals surface area contributed by atoms with E-state index in [0.717, 1.165) is 0 Å². The highest BCUT2D eigenvalue weighted by atomic mass is 19.1. The van der Waals surface area contributed by atoms with Crippen LogP contribution in [0.1, 0.15) is 23.2 Å². The van der Waals surface area contributed by atoms with Gasteiger partial charge in [-0.25, -0.2) is 4.39 Å². The van der Waals surface area contributed by atoms with Crippen LogP contribution >= 0.6 is 0 Å². The van der Waals surface area contributed by atoms with Crippen LogP contribution in [0.4, 0.5) is 21.5 Å². The van der Waals surface area contributed by atoms with Gasteiger partial charge in [-0.15, -0.1) is 0 Å². The second-order valence-electron chi connectivity index (χ2n) is 9.00. The molecule has 1 aromatic heterocycles. The van der Waals surface area contributed by atoms with E-state index in [4.69, 9.17) is 16.2 Å². The van der Waals surface area contributed by atoms with Gasteiger partial charge in [0.25, 0.3) is 5.91 Å². The van der Waals surface area contributed by atoms with Gasteiger partial charge in [0.2, 0.25) is 11.8 Å². The molecule has 1 aliphatic rings. The molecular weight excluding hydrogens is 489 g/mol. The zero-order chi connectivity index (χ0) is 27.0. The minimum absolute atomic E-state index is 0.296. The number of carbonyl (C=O) groups is 3. The molecule has 0 aliphatic heterocycles. The summed E-state index contributed by atoms with van der Waals surface area (Å²) >= 11 is 0. The van der Waals surface area contributed by atoms with Crippen molar-refractivity contribution in [3.8, 4) is 11.5 Å². The highest BCUT2D eigenvalue weighted by molar-refractivity contribution is 6.16. The van der Waals surface area contributed by atoms with Gasteiger partial charge in [0.15, 0.2) is 0 Å². The predicted octanol–water partition coefficient (Wildman–Crippen LogP) is 4.24. The average Bonchev–Trinajstić information content (AvgIpc) is 3.73. The van der Waals surface area contributed by atoms with Crippen LogP contribution in [0.2, 0.25) is 0 Å². The summed E-state index contributed by atoms with van der Waals surface area (Å²) < 4.78 is 19.7. The molecule has 0 atom stereocenters. The fourth-order valence-corrected chi connectivity index (χ4v) is 4.34. The summed E-state index contributed by atoms with van der Waals surface area (Å²) in [6.07, 6.45) is 2.30. The number of primary amides is 2. The largest absolute Gasteiger partial charge is 0.457 e. The molecule has 1 heterocycles. The standard InChI is InChI=1S/C28H24FN5O4/c1-32-22-15-23-20(14-21(22)25(30)35)24(10-13-33-23)38-19-8-6-18(7-9-19)34(17-4-2-16(29)3-5-17)27(37)28(11-12-28)26(31)36/h2-10,13-15,32H,11-12H2,1H3,(H2,30,35)(H2,31,36). The molecule has 9 nitrogen and oxygen atoms in total. The van der Waals surface area contributed by atoms with E-state index < -0.39 is 29.0 Å². The lowest BCUT2D eigenvalue weighted by atomic mass is 10.0.